The molecular formula is C48H33NO. The third-order valence-electron chi connectivity index (χ3n) is 9.49. The van der Waals surface area contributed by atoms with E-state index < -0.39 is 0 Å². The van der Waals surface area contributed by atoms with Crippen LogP contribution in [-0.2, 0) is 0 Å². The molecular weight excluding hydrogens is 607 g/mol. The van der Waals surface area contributed by atoms with Crippen molar-refractivity contribution in [3.05, 3.63) is 200 Å². The number of hydrogen-bond donors (Lipinski definition) is 0. The molecule has 9 rings (SSSR count). The molecule has 0 fully saturated rings. The number of nitrogens with zero attached hydrogens (tertiary/aromatic N) is 1. The van der Waals surface area contributed by atoms with E-state index in [4.69, 9.17) is 4.42 Å². The maximum Gasteiger partial charge on any atom is 0.159 e. The zero-order valence-corrected chi connectivity index (χ0v) is 27.4. The number of furan rings is 1. The summed E-state index contributed by atoms with van der Waals surface area (Å²) in [6.07, 6.45) is 0. The fraction of sp³-hybridized carbons (Fsp3) is 0. The van der Waals surface area contributed by atoms with Gasteiger partial charge in [0.05, 0.1) is 11.4 Å². The number of rotatable bonds is 7. The lowest BCUT2D eigenvalue weighted by Gasteiger charge is -2.28. The first kappa shape index (κ1) is 29.5. The molecule has 0 radical (unpaired) electrons. The van der Waals surface area contributed by atoms with Crippen LogP contribution in [0.15, 0.2) is 205 Å². The van der Waals surface area contributed by atoms with Crippen molar-refractivity contribution in [1.29, 1.82) is 0 Å². The van der Waals surface area contributed by atoms with Crippen LogP contribution in [0.3, 0.4) is 0 Å². The smallest absolute Gasteiger partial charge is 0.159 e. The molecule has 0 amide bonds. The van der Waals surface area contributed by atoms with Gasteiger partial charge in [-0.15, -0.1) is 0 Å². The molecule has 8 aromatic carbocycles. The van der Waals surface area contributed by atoms with E-state index in [1.165, 1.54) is 22.3 Å². The summed E-state index contributed by atoms with van der Waals surface area (Å²) in [5.74, 6) is 0. The van der Waals surface area contributed by atoms with Gasteiger partial charge in [0.15, 0.2) is 5.58 Å². The molecule has 0 atom stereocenters. The Morgan fingerprint density at radius 3 is 1.44 bits per heavy atom. The van der Waals surface area contributed by atoms with Crippen LogP contribution in [0.4, 0.5) is 17.1 Å². The molecule has 9 aromatic rings. The van der Waals surface area contributed by atoms with E-state index >= 15 is 0 Å². The lowest BCUT2D eigenvalue weighted by atomic mass is 9.97. The molecule has 1 heterocycles. The van der Waals surface area contributed by atoms with Crippen molar-refractivity contribution in [3.8, 4) is 44.5 Å². The van der Waals surface area contributed by atoms with Crippen LogP contribution >= 0.6 is 0 Å². The van der Waals surface area contributed by atoms with E-state index in [9.17, 15) is 0 Å². The van der Waals surface area contributed by atoms with Crippen LogP contribution < -0.4 is 4.90 Å². The highest BCUT2D eigenvalue weighted by molar-refractivity contribution is 6.12. The highest BCUT2D eigenvalue weighted by atomic mass is 16.3. The third kappa shape index (κ3) is 5.43. The first-order valence-corrected chi connectivity index (χ1v) is 17.0. The number of hydrogen-bond acceptors (Lipinski definition) is 2. The van der Waals surface area contributed by atoms with Gasteiger partial charge in [0, 0.05) is 22.0 Å². The summed E-state index contributed by atoms with van der Waals surface area (Å²) in [4.78, 5) is 2.36. The quantitative estimate of drug-likeness (QED) is 0.173. The number of anilines is 3. The molecule has 0 saturated carbocycles. The Balaban J connectivity index is 1.29. The van der Waals surface area contributed by atoms with Crippen LogP contribution in [0.1, 0.15) is 0 Å². The molecule has 1 aromatic heterocycles. The number of benzene rings is 8. The minimum Gasteiger partial charge on any atom is -0.454 e. The maximum absolute atomic E-state index is 6.77. The minimum absolute atomic E-state index is 0.853. The predicted molar refractivity (Wildman–Crippen MR) is 210 cm³/mol. The van der Waals surface area contributed by atoms with E-state index in [1.54, 1.807) is 0 Å². The van der Waals surface area contributed by atoms with Crippen molar-refractivity contribution >= 4 is 39.0 Å². The van der Waals surface area contributed by atoms with Gasteiger partial charge in [-0.1, -0.05) is 164 Å². The summed E-state index contributed by atoms with van der Waals surface area (Å²) < 4.78 is 6.77. The van der Waals surface area contributed by atoms with Gasteiger partial charge in [-0.05, 0) is 75.3 Å². The molecule has 0 aliphatic rings. The van der Waals surface area contributed by atoms with E-state index in [0.29, 0.717) is 0 Å². The summed E-state index contributed by atoms with van der Waals surface area (Å²) in [7, 11) is 0. The highest BCUT2D eigenvalue weighted by Gasteiger charge is 2.23. The van der Waals surface area contributed by atoms with E-state index in [0.717, 1.165) is 61.3 Å². The van der Waals surface area contributed by atoms with Crippen molar-refractivity contribution in [2.75, 3.05) is 4.90 Å². The first-order chi connectivity index (χ1) is 24.8. The Morgan fingerprint density at radius 2 is 0.800 bits per heavy atom. The van der Waals surface area contributed by atoms with Crippen molar-refractivity contribution < 1.29 is 4.42 Å². The molecule has 0 saturated heterocycles. The van der Waals surface area contributed by atoms with Gasteiger partial charge in [-0.25, -0.2) is 0 Å². The number of fused-ring (bicyclic) bond motifs is 3. The summed E-state index contributed by atoms with van der Waals surface area (Å²) in [6, 6.07) is 71.0. The summed E-state index contributed by atoms with van der Waals surface area (Å²) in [5.41, 5.74) is 14.2. The van der Waals surface area contributed by atoms with Crippen molar-refractivity contribution in [1.82, 2.24) is 0 Å². The van der Waals surface area contributed by atoms with Crippen molar-refractivity contribution in [2.45, 2.75) is 0 Å². The second kappa shape index (κ2) is 12.8. The third-order valence-corrected chi connectivity index (χ3v) is 9.49. The Bertz CT molecular complexity index is 2550. The predicted octanol–water partition coefficient (Wildman–Crippen LogP) is 13.7. The second-order valence-electron chi connectivity index (χ2n) is 12.5. The Hall–Kier alpha value is -6.64. The topological polar surface area (TPSA) is 16.4 Å². The van der Waals surface area contributed by atoms with Gasteiger partial charge in [-0.3, -0.25) is 0 Å². The lowest BCUT2D eigenvalue weighted by molar-refractivity contribution is 0.669. The molecule has 0 aliphatic carbocycles. The monoisotopic (exact) mass is 639 g/mol. The van der Waals surface area contributed by atoms with Gasteiger partial charge < -0.3 is 9.32 Å². The number of para-hydroxylation sites is 2. The van der Waals surface area contributed by atoms with E-state index in [-0.39, 0.29) is 0 Å². The van der Waals surface area contributed by atoms with Crippen LogP contribution in [0, 0.1) is 0 Å². The lowest BCUT2D eigenvalue weighted by Crippen LogP contribution is -2.11. The van der Waals surface area contributed by atoms with E-state index in [1.807, 2.05) is 6.07 Å². The summed E-state index contributed by atoms with van der Waals surface area (Å²) in [6.45, 7) is 0. The van der Waals surface area contributed by atoms with Crippen LogP contribution in [0.2, 0.25) is 0 Å². The van der Waals surface area contributed by atoms with Crippen molar-refractivity contribution in [3.63, 3.8) is 0 Å². The normalized spacial score (nSPS) is 11.2. The van der Waals surface area contributed by atoms with Gasteiger partial charge in [0.25, 0.3) is 0 Å². The van der Waals surface area contributed by atoms with E-state index in [2.05, 4.69) is 199 Å². The summed E-state index contributed by atoms with van der Waals surface area (Å²) in [5, 5.41) is 2.19. The Kier molecular flexibility index (Phi) is 7.53. The maximum atomic E-state index is 6.77. The molecule has 0 bridgehead atoms. The molecule has 0 N–H and O–H groups in total. The molecule has 0 aliphatic heterocycles. The zero-order chi connectivity index (χ0) is 33.3. The zero-order valence-electron chi connectivity index (χ0n) is 27.4. The Labute approximate surface area is 292 Å². The molecule has 2 heteroatoms. The Morgan fingerprint density at radius 1 is 0.320 bits per heavy atom. The first-order valence-electron chi connectivity index (χ1n) is 17.0. The average Bonchev–Trinajstić information content (AvgIpc) is 3.58. The second-order valence-corrected chi connectivity index (χ2v) is 12.5. The standard InChI is InChI=1S/C48H33NO/c1-4-14-34(15-5-1)36-24-26-38(27-25-36)40-32-44-43-21-11-13-23-47(43)50-48(44)46(33-40)49(41-30-28-37(29-31-41)35-16-6-2-7-17-35)45-22-12-10-20-42(45)39-18-8-3-9-19-39/h1-33H. The molecule has 0 spiro atoms. The fourth-order valence-corrected chi connectivity index (χ4v) is 7.00. The SMILES string of the molecule is c1ccc(-c2ccc(-c3cc(N(c4ccc(-c5ccccc5)cc4)c4ccccc4-c4ccccc4)c4oc5ccccc5c4c3)cc2)cc1. The van der Waals surface area contributed by atoms with Gasteiger partial charge in [0.2, 0.25) is 0 Å². The van der Waals surface area contributed by atoms with Gasteiger partial charge in [-0.2, -0.15) is 0 Å². The average molecular weight is 640 g/mol. The molecule has 236 valence electrons. The van der Waals surface area contributed by atoms with Crippen LogP contribution in [0.25, 0.3) is 66.4 Å². The van der Waals surface area contributed by atoms with Gasteiger partial charge in [0.1, 0.15) is 5.58 Å². The fourth-order valence-electron chi connectivity index (χ4n) is 7.00. The van der Waals surface area contributed by atoms with Crippen LogP contribution in [0.5, 0.6) is 0 Å². The summed E-state index contributed by atoms with van der Waals surface area (Å²) >= 11 is 0. The molecule has 2 nitrogen and oxygen atoms in total. The largest absolute Gasteiger partial charge is 0.454 e. The van der Waals surface area contributed by atoms with Crippen molar-refractivity contribution in [2.24, 2.45) is 0 Å². The molecule has 0 unspecified atom stereocenters. The van der Waals surface area contributed by atoms with Gasteiger partial charge >= 0.3 is 0 Å². The van der Waals surface area contributed by atoms with Crippen LogP contribution in [-0.4, -0.2) is 0 Å². The highest BCUT2D eigenvalue weighted by Crippen LogP contribution is 2.47. The molecule has 50 heavy (non-hydrogen) atoms. The minimum atomic E-state index is 0.853.